The van der Waals surface area contributed by atoms with Gasteiger partial charge in [0.25, 0.3) is 0 Å². The van der Waals surface area contributed by atoms with Crippen LogP contribution >= 0.6 is 0 Å². The van der Waals surface area contributed by atoms with Gasteiger partial charge in [-0.25, -0.2) is 4.98 Å². The second-order valence-corrected chi connectivity index (χ2v) is 8.41. The molecule has 0 bridgehead atoms. The molecule has 0 saturated carbocycles. The number of rotatable bonds is 7. The van der Waals surface area contributed by atoms with E-state index in [1.54, 1.807) is 0 Å². The van der Waals surface area contributed by atoms with Crippen LogP contribution in [0.1, 0.15) is 42.1 Å². The van der Waals surface area contributed by atoms with Gasteiger partial charge in [0.15, 0.2) is 0 Å². The van der Waals surface area contributed by atoms with E-state index in [1.807, 2.05) is 36.4 Å². The summed E-state index contributed by atoms with van der Waals surface area (Å²) >= 11 is 0. The van der Waals surface area contributed by atoms with Crippen LogP contribution in [0.4, 0.5) is 0 Å². The molecule has 5 nitrogen and oxygen atoms in total. The standard InChI is InChI=1S/C27H26N2O3/c1-2-14-29-25-13-12-21(32-17-20-11-10-18-6-3-4-9-24(18)28-20)16-23(25)22-8-5-7-19(27(22)29)15-26(30)31/h2-4,6,9-13,16,19H,1,5,7-8,14-15,17H2,(H,30,31). The van der Waals surface area contributed by atoms with Crippen LogP contribution in [0, 0.1) is 0 Å². The van der Waals surface area contributed by atoms with E-state index in [9.17, 15) is 9.90 Å². The highest BCUT2D eigenvalue weighted by atomic mass is 16.5. The Bertz CT molecular complexity index is 1320. The van der Waals surface area contributed by atoms with Crippen LogP contribution in [0.5, 0.6) is 5.75 Å². The van der Waals surface area contributed by atoms with Gasteiger partial charge in [-0.3, -0.25) is 4.79 Å². The summed E-state index contributed by atoms with van der Waals surface area (Å²) in [6, 6.07) is 18.3. The Labute approximate surface area is 187 Å². The van der Waals surface area contributed by atoms with Gasteiger partial charge in [-0.2, -0.15) is 0 Å². The molecule has 1 N–H and O–H groups in total. The molecular weight excluding hydrogens is 400 g/mol. The van der Waals surface area contributed by atoms with Crippen molar-refractivity contribution in [2.45, 2.75) is 44.8 Å². The lowest BCUT2D eigenvalue weighted by molar-refractivity contribution is -0.137. The van der Waals surface area contributed by atoms with Gasteiger partial charge in [0, 0.05) is 34.4 Å². The highest BCUT2D eigenvalue weighted by Crippen LogP contribution is 2.41. The first-order chi connectivity index (χ1) is 15.6. The second-order valence-electron chi connectivity index (χ2n) is 8.41. The molecule has 0 amide bonds. The van der Waals surface area contributed by atoms with Gasteiger partial charge < -0.3 is 14.4 Å². The SMILES string of the molecule is C=CCn1c2c(c3cc(OCc4ccc5ccccc5n4)ccc31)CCCC2CC(=O)O. The summed E-state index contributed by atoms with van der Waals surface area (Å²) in [5.74, 6) is 0.0892. The van der Waals surface area contributed by atoms with Gasteiger partial charge in [0.2, 0.25) is 0 Å². The molecule has 0 spiro atoms. The van der Waals surface area contributed by atoms with E-state index in [0.717, 1.165) is 58.2 Å². The number of aromatic nitrogens is 2. The van der Waals surface area contributed by atoms with Crippen molar-refractivity contribution in [2.24, 2.45) is 0 Å². The summed E-state index contributed by atoms with van der Waals surface area (Å²) in [6.07, 6.45) is 4.91. The number of allylic oxidation sites excluding steroid dienone is 1. The molecule has 32 heavy (non-hydrogen) atoms. The first-order valence-corrected chi connectivity index (χ1v) is 11.1. The smallest absolute Gasteiger partial charge is 0.304 e. The monoisotopic (exact) mass is 426 g/mol. The van der Waals surface area contributed by atoms with Gasteiger partial charge in [0.1, 0.15) is 12.4 Å². The third-order valence-electron chi connectivity index (χ3n) is 6.33. The number of para-hydroxylation sites is 1. The predicted octanol–water partition coefficient (Wildman–Crippen LogP) is 5.85. The summed E-state index contributed by atoms with van der Waals surface area (Å²) in [4.78, 5) is 16.2. The van der Waals surface area contributed by atoms with Crippen molar-refractivity contribution in [1.29, 1.82) is 0 Å². The maximum absolute atomic E-state index is 11.5. The predicted molar refractivity (Wildman–Crippen MR) is 126 cm³/mol. The molecule has 0 saturated heterocycles. The van der Waals surface area contributed by atoms with Crippen LogP contribution in [-0.2, 0) is 24.4 Å². The maximum Gasteiger partial charge on any atom is 0.304 e. The molecule has 162 valence electrons. The number of nitrogens with zero attached hydrogens (tertiary/aromatic N) is 2. The lowest BCUT2D eigenvalue weighted by Crippen LogP contribution is -2.17. The van der Waals surface area contributed by atoms with E-state index in [0.29, 0.717) is 13.2 Å². The van der Waals surface area contributed by atoms with E-state index in [4.69, 9.17) is 9.72 Å². The van der Waals surface area contributed by atoms with Crippen LogP contribution in [0.15, 0.2) is 67.3 Å². The molecule has 1 atom stereocenters. The Kier molecular flexibility index (Phi) is 5.39. The fourth-order valence-electron chi connectivity index (χ4n) is 4.99. The number of pyridine rings is 1. The van der Waals surface area contributed by atoms with E-state index in [1.165, 1.54) is 5.56 Å². The molecule has 2 aromatic carbocycles. The summed E-state index contributed by atoms with van der Waals surface area (Å²) in [5.41, 5.74) is 5.37. The summed E-state index contributed by atoms with van der Waals surface area (Å²) in [6.45, 7) is 4.98. The zero-order valence-electron chi connectivity index (χ0n) is 18.0. The minimum atomic E-state index is -0.745. The molecule has 5 rings (SSSR count). The average molecular weight is 427 g/mol. The topological polar surface area (TPSA) is 64.4 Å². The minimum absolute atomic E-state index is 0.0368. The molecule has 1 unspecified atom stereocenters. The van der Waals surface area contributed by atoms with E-state index in [-0.39, 0.29) is 12.3 Å². The first kappa shape index (κ1) is 20.3. The van der Waals surface area contributed by atoms with Crippen molar-refractivity contribution in [3.8, 4) is 5.75 Å². The highest BCUT2D eigenvalue weighted by Gasteiger charge is 2.29. The summed E-state index contributed by atoms with van der Waals surface area (Å²) < 4.78 is 8.35. The van der Waals surface area contributed by atoms with Gasteiger partial charge in [0.05, 0.1) is 17.6 Å². The van der Waals surface area contributed by atoms with Crippen LogP contribution in [0.25, 0.3) is 21.8 Å². The van der Waals surface area contributed by atoms with E-state index < -0.39 is 5.97 Å². The van der Waals surface area contributed by atoms with E-state index >= 15 is 0 Å². The average Bonchev–Trinajstić information content (AvgIpc) is 3.11. The Morgan fingerprint density at radius 3 is 2.94 bits per heavy atom. The van der Waals surface area contributed by atoms with Crippen molar-refractivity contribution in [1.82, 2.24) is 9.55 Å². The third-order valence-corrected chi connectivity index (χ3v) is 6.33. The molecule has 0 aliphatic heterocycles. The Balaban J connectivity index is 1.47. The van der Waals surface area contributed by atoms with Gasteiger partial charge >= 0.3 is 5.97 Å². The van der Waals surface area contributed by atoms with E-state index in [2.05, 4.69) is 35.4 Å². The number of benzene rings is 2. The van der Waals surface area contributed by atoms with Crippen LogP contribution in [0.3, 0.4) is 0 Å². The zero-order valence-corrected chi connectivity index (χ0v) is 18.0. The zero-order chi connectivity index (χ0) is 22.1. The largest absolute Gasteiger partial charge is 0.487 e. The number of carboxylic acids is 1. The molecule has 1 aliphatic carbocycles. The molecule has 4 aromatic rings. The molecule has 2 heterocycles. The lowest BCUT2D eigenvalue weighted by Gasteiger charge is -2.24. The first-order valence-electron chi connectivity index (χ1n) is 11.1. The second kappa shape index (κ2) is 8.50. The number of hydrogen-bond donors (Lipinski definition) is 1. The van der Waals surface area contributed by atoms with Crippen molar-refractivity contribution in [3.05, 3.63) is 84.2 Å². The van der Waals surface area contributed by atoms with Gasteiger partial charge in [-0.05, 0) is 55.2 Å². The van der Waals surface area contributed by atoms with Crippen molar-refractivity contribution < 1.29 is 14.6 Å². The third kappa shape index (κ3) is 3.75. The minimum Gasteiger partial charge on any atom is -0.487 e. The number of ether oxygens (including phenoxy) is 1. The number of hydrogen-bond acceptors (Lipinski definition) is 3. The van der Waals surface area contributed by atoms with Crippen LogP contribution in [0.2, 0.25) is 0 Å². The normalized spacial score (nSPS) is 15.6. The lowest BCUT2D eigenvalue weighted by atomic mass is 9.84. The van der Waals surface area contributed by atoms with Crippen LogP contribution < -0.4 is 4.74 Å². The molecular formula is C27H26N2O3. The maximum atomic E-state index is 11.5. The molecule has 1 aliphatic rings. The molecule has 0 radical (unpaired) electrons. The van der Waals surface area contributed by atoms with Crippen molar-refractivity contribution in [3.63, 3.8) is 0 Å². The highest BCUT2D eigenvalue weighted by molar-refractivity contribution is 5.88. The Morgan fingerprint density at radius 2 is 2.09 bits per heavy atom. The fraction of sp³-hybridized carbons (Fsp3) is 0.259. The summed E-state index contributed by atoms with van der Waals surface area (Å²) in [5, 5.41) is 11.7. The van der Waals surface area contributed by atoms with Crippen LogP contribution in [-0.4, -0.2) is 20.6 Å². The number of carbonyl (C=O) groups is 1. The fourth-order valence-corrected chi connectivity index (χ4v) is 4.99. The molecule has 2 aromatic heterocycles. The van der Waals surface area contributed by atoms with Gasteiger partial charge in [-0.15, -0.1) is 6.58 Å². The Hall–Kier alpha value is -3.60. The quantitative estimate of drug-likeness (QED) is 0.377. The molecule has 5 heteroatoms. The number of aryl methyl sites for hydroxylation is 1. The van der Waals surface area contributed by atoms with Gasteiger partial charge in [-0.1, -0.05) is 30.3 Å². The number of aliphatic carboxylic acids is 1. The molecule has 0 fully saturated rings. The number of carboxylic acid groups (broad SMARTS) is 1. The number of fused-ring (bicyclic) bond motifs is 4. The van der Waals surface area contributed by atoms with Crippen molar-refractivity contribution in [2.75, 3.05) is 0 Å². The Morgan fingerprint density at radius 1 is 1.22 bits per heavy atom. The van der Waals surface area contributed by atoms with Crippen molar-refractivity contribution >= 4 is 27.8 Å². The summed E-state index contributed by atoms with van der Waals surface area (Å²) in [7, 11) is 0.